The Morgan fingerprint density at radius 3 is 1.78 bits per heavy atom. The van der Waals surface area contributed by atoms with E-state index in [0.29, 0.717) is 19.3 Å². The number of carbonyl (C=O) groups is 2. The van der Waals surface area contributed by atoms with Gasteiger partial charge in [0.25, 0.3) is 0 Å². The fraction of sp³-hybridized carbons (Fsp3) is 0.548. The van der Waals surface area contributed by atoms with Gasteiger partial charge in [-0.15, -0.1) is 0 Å². The number of aliphatic hydroxyl groups is 1. The lowest BCUT2D eigenvalue weighted by molar-refractivity contribution is -0.147. The minimum absolute atomic E-state index is 0.0592. The highest BCUT2D eigenvalue weighted by atomic mass is 31.2. The molecular formula is C31H50NO8P. The lowest BCUT2D eigenvalue weighted by Crippen LogP contribution is -2.27. The standard InChI is InChI=1S/C31H50NO8P/c1-3-5-6-7-8-9-10-11-12-13-14-15-16-17-18-19-20-21-22-24-31(35)38-27-29(33)28-40-41(36,37)39-26-25-32-30(34)23-4-2/h5-6,8-9,11-12,14-15,17-18,20-21,29,33H,3-4,7,10,13,16,19,22-28H2,1-2H3,(H,32,34)(H,36,37)/b6-5-,9-8-,12-11-,15-14-,18-17-,21-20-. The molecule has 0 spiro atoms. The Hall–Kier alpha value is -2.55. The number of carbonyl (C=O) groups excluding carboxylic acids is 2. The Morgan fingerprint density at radius 1 is 0.756 bits per heavy atom. The van der Waals surface area contributed by atoms with Crippen molar-refractivity contribution in [3.8, 4) is 0 Å². The third-order valence-corrected chi connectivity index (χ3v) is 6.12. The zero-order valence-corrected chi connectivity index (χ0v) is 25.6. The van der Waals surface area contributed by atoms with Crippen LogP contribution in [-0.4, -0.2) is 54.3 Å². The fourth-order valence-electron chi connectivity index (χ4n) is 3.03. The number of nitrogens with one attached hydrogen (secondary N) is 1. The van der Waals surface area contributed by atoms with Gasteiger partial charge in [0.05, 0.1) is 13.2 Å². The molecular weight excluding hydrogens is 545 g/mol. The van der Waals surface area contributed by atoms with Crippen LogP contribution in [0.4, 0.5) is 0 Å². The Labute approximate surface area is 246 Å². The second-order valence-electron chi connectivity index (χ2n) is 8.99. The summed E-state index contributed by atoms with van der Waals surface area (Å²) in [5.41, 5.74) is 0. The van der Waals surface area contributed by atoms with Crippen molar-refractivity contribution in [2.75, 3.05) is 26.4 Å². The molecule has 2 atom stereocenters. The molecule has 41 heavy (non-hydrogen) atoms. The van der Waals surface area contributed by atoms with E-state index >= 15 is 0 Å². The number of amides is 1. The Kier molecular flexibility index (Phi) is 25.9. The first kappa shape index (κ1) is 38.5. The maximum absolute atomic E-state index is 11.8. The molecule has 0 radical (unpaired) electrons. The molecule has 0 heterocycles. The molecule has 2 unspecified atom stereocenters. The summed E-state index contributed by atoms with van der Waals surface area (Å²) in [6.45, 7) is 2.92. The van der Waals surface area contributed by atoms with Gasteiger partial charge in [-0.3, -0.25) is 18.6 Å². The molecule has 0 aliphatic heterocycles. The number of ether oxygens (including phenoxy) is 1. The Morgan fingerprint density at radius 2 is 1.27 bits per heavy atom. The second kappa shape index (κ2) is 27.6. The van der Waals surface area contributed by atoms with Crippen LogP contribution in [0.1, 0.15) is 78.1 Å². The number of esters is 1. The van der Waals surface area contributed by atoms with E-state index in [9.17, 15) is 24.2 Å². The first-order chi connectivity index (χ1) is 19.8. The lowest BCUT2D eigenvalue weighted by atomic mass is 10.2. The van der Waals surface area contributed by atoms with Gasteiger partial charge in [0.15, 0.2) is 0 Å². The van der Waals surface area contributed by atoms with Crippen LogP contribution in [0.15, 0.2) is 72.9 Å². The van der Waals surface area contributed by atoms with Gasteiger partial charge in [0, 0.05) is 19.4 Å². The number of allylic oxidation sites excluding steroid dienone is 12. The molecule has 0 aromatic rings. The van der Waals surface area contributed by atoms with Crippen molar-refractivity contribution in [1.29, 1.82) is 0 Å². The summed E-state index contributed by atoms with van der Waals surface area (Å²) in [6, 6.07) is 0. The zero-order valence-electron chi connectivity index (χ0n) is 24.7. The Balaban J connectivity index is 3.80. The molecule has 9 nitrogen and oxygen atoms in total. The number of hydrogen-bond donors (Lipinski definition) is 3. The van der Waals surface area contributed by atoms with Crippen LogP contribution < -0.4 is 5.32 Å². The van der Waals surface area contributed by atoms with Gasteiger partial charge in [0.2, 0.25) is 5.91 Å². The van der Waals surface area contributed by atoms with Crippen LogP contribution in [0.2, 0.25) is 0 Å². The monoisotopic (exact) mass is 595 g/mol. The molecule has 1 amide bonds. The van der Waals surface area contributed by atoms with Crippen LogP contribution in [0, 0.1) is 0 Å². The zero-order chi connectivity index (χ0) is 30.4. The molecule has 0 aliphatic rings. The van der Waals surface area contributed by atoms with Gasteiger partial charge in [-0.2, -0.15) is 0 Å². The molecule has 0 aliphatic carbocycles. The molecule has 0 saturated heterocycles. The van der Waals surface area contributed by atoms with Crippen molar-refractivity contribution in [3.63, 3.8) is 0 Å². The van der Waals surface area contributed by atoms with Crippen LogP contribution >= 0.6 is 7.82 Å². The van der Waals surface area contributed by atoms with Crippen LogP contribution in [0.3, 0.4) is 0 Å². The molecule has 0 fully saturated rings. The topological polar surface area (TPSA) is 131 Å². The predicted molar refractivity (Wildman–Crippen MR) is 164 cm³/mol. The summed E-state index contributed by atoms with van der Waals surface area (Å²) in [5.74, 6) is -0.669. The predicted octanol–water partition coefficient (Wildman–Crippen LogP) is 6.42. The molecule has 232 valence electrons. The van der Waals surface area contributed by atoms with Gasteiger partial charge >= 0.3 is 13.8 Å². The van der Waals surface area contributed by atoms with E-state index in [1.165, 1.54) is 0 Å². The van der Waals surface area contributed by atoms with Crippen molar-refractivity contribution in [2.24, 2.45) is 0 Å². The Bertz CT molecular complexity index is 908. The SMILES string of the molecule is CC/C=C\C/C=C\C/C=C\C/C=C\C/C=C\C/C=C\CCC(=O)OCC(O)COP(=O)(O)OCCNC(=O)CCC. The van der Waals surface area contributed by atoms with Crippen LogP contribution in [0.25, 0.3) is 0 Å². The molecule has 3 N–H and O–H groups in total. The van der Waals surface area contributed by atoms with Crippen LogP contribution in [0.5, 0.6) is 0 Å². The summed E-state index contributed by atoms with van der Waals surface area (Å²) in [7, 11) is -4.40. The normalized spacial score (nSPS) is 14.7. The van der Waals surface area contributed by atoms with E-state index < -0.39 is 26.5 Å². The highest BCUT2D eigenvalue weighted by Crippen LogP contribution is 2.42. The molecule has 0 rings (SSSR count). The third-order valence-electron chi connectivity index (χ3n) is 5.13. The lowest BCUT2D eigenvalue weighted by Gasteiger charge is -2.15. The van der Waals surface area contributed by atoms with Gasteiger partial charge in [-0.05, 0) is 51.4 Å². The third kappa shape index (κ3) is 28.8. The van der Waals surface area contributed by atoms with Gasteiger partial charge < -0.3 is 20.1 Å². The maximum Gasteiger partial charge on any atom is 0.472 e. The number of hydrogen-bond acceptors (Lipinski definition) is 7. The number of phosphoric ester groups is 1. The van der Waals surface area contributed by atoms with Gasteiger partial charge in [-0.25, -0.2) is 4.57 Å². The summed E-state index contributed by atoms with van der Waals surface area (Å²) in [6.07, 6.45) is 31.4. The number of rotatable bonds is 25. The average molecular weight is 596 g/mol. The van der Waals surface area contributed by atoms with Crippen molar-refractivity contribution < 1.29 is 37.9 Å². The first-order valence-corrected chi connectivity index (χ1v) is 15.9. The summed E-state index contributed by atoms with van der Waals surface area (Å²) >= 11 is 0. The van der Waals surface area contributed by atoms with E-state index in [2.05, 4.69) is 77.5 Å². The molecule has 0 aromatic heterocycles. The van der Waals surface area contributed by atoms with E-state index in [1.807, 2.05) is 19.1 Å². The minimum atomic E-state index is -4.40. The first-order valence-electron chi connectivity index (χ1n) is 14.4. The highest BCUT2D eigenvalue weighted by Gasteiger charge is 2.23. The van der Waals surface area contributed by atoms with Crippen molar-refractivity contribution in [2.45, 2.75) is 84.2 Å². The van der Waals surface area contributed by atoms with Crippen molar-refractivity contribution in [1.82, 2.24) is 5.32 Å². The summed E-state index contributed by atoms with van der Waals surface area (Å²) in [5, 5.41) is 12.4. The highest BCUT2D eigenvalue weighted by molar-refractivity contribution is 7.47. The van der Waals surface area contributed by atoms with Crippen molar-refractivity contribution in [3.05, 3.63) is 72.9 Å². The van der Waals surface area contributed by atoms with Crippen molar-refractivity contribution >= 4 is 19.7 Å². The largest absolute Gasteiger partial charge is 0.472 e. The smallest absolute Gasteiger partial charge is 0.463 e. The second-order valence-corrected chi connectivity index (χ2v) is 10.4. The number of aliphatic hydroxyl groups excluding tert-OH is 1. The molecule has 0 bridgehead atoms. The van der Waals surface area contributed by atoms with E-state index in [1.54, 1.807) is 0 Å². The summed E-state index contributed by atoms with van der Waals surface area (Å²) in [4.78, 5) is 32.7. The van der Waals surface area contributed by atoms with E-state index in [4.69, 9.17) is 9.26 Å². The number of phosphoric acid groups is 1. The van der Waals surface area contributed by atoms with Gasteiger partial charge in [0.1, 0.15) is 12.7 Å². The molecule has 0 saturated carbocycles. The van der Waals surface area contributed by atoms with Gasteiger partial charge in [-0.1, -0.05) is 86.8 Å². The average Bonchev–Trinajstić information content (AvgIpc) is 2.94. The molecule has 10 heteroatoms. The maximum atomic E-state index is 11.8. The van der Waals surface area contributed by atoms with E-state index in [0.717, 1.165) is 38.5 Å². The minimum Gasteiger partial charge on any atom is -0.463 e. The van der Waals surface area contributed by atoms with Crippen LogP contribution in [-0.2, 0) is 27.9 Å². The van der Waals surface area contributed by atoms with E-state index in [-0.39, 0.29) is 32.1 Å². The quantitative estimate of drug-likeness (QED) is 0.0477. The fourth-order valence-corrected chi connectivity index (χ4v) is 3.79. The molecule has 0 aromatic carbocycles. The summed E-state index contributed by atoms with van der Waals surface area (Å²) < 4.78 is 26.1.